The number of aliphatic hydroxyl groups is 7. The van der Waals surface area contributed by atoms with E-state index in [0.717, 1.165) is 12.8 Å². The molecule has 180 valence electrons. The van der Waals surface area contributed by atoms with Gasteiger partial charge in [0.05, 0.1) is 43.2 Å². The van der Waals surface area contributed by atoms with Crippen LogP contribution in [-0.4, -0.2) is 110 Å². The Hall–Kier alpha value is -0.400. The van der Waals surface area contributed by atoms with Crippen LogP contribution in [0.15, 0.2) is 0 Å². The lowest BCUT2D eigenvalue weighted by molar-refractivity contribution is -0.332. The Morgan fingerprint density at radius 3 is 2.13 bits per heavy atom. The number of hydrogen-bond donors (Lipinski definition) is 7. The molecule has 0 radical (unpaired) electrons. The first-order valence-electron chi connectivity index (χ1n) is 11.4. The van der Waals surface area contributed by atoms with Crippen LogP contribution in [0.1, 0.15) is 44.9 Å². The van der Waals surface area contributed by atoms with Gasteiger partial charge in [-0.25, -0.2) is 0 Å². The maximum Gasteiger partial charge on any atom is 0.187 e. The second-order valence-corrected chi connectivity index (χ2v) is 9.67. The summed E-state index contributed by atoms with van der Waals surface area (Å²) in [6.45, 7) is -0.544. The van der Waals surface area contributed by atoms with E-state index >= 15 is 0 Å². The van der Waals surface area contributed by atoms with E-state index in [9.17, 15) is 35.7 Å². The molecule has 2 aliphatic heterocycles. The van der Waals surface area contributed by atoms with Gasteiger partial charge in [0.25, 0.3) is 0 Å². The van der Waals surface area contributed by atoms with E-state index in [1.807, 2.05) is 0 Å². The molecule has 0 bridgehead atoms. The third-order valence-corrected chi connectivity index (χ3v) is 7.56. The van der Waals surface area contributed by atoms with Crippen LogP contribution in [0, 0.1) is 11.8 Å². The third kappa shape index (κ3) is 4.93. The number of hydrogen-bond acceptors (Lipinski definition) is 10. The number of fused-ring (bicyclic) bond motifs is 1. The fraction of sp³-hybridized carbons (Fsp3) is 1.00. The molecule has 0 aromatic carbocycles. The maximum atomic E-state index is 10.5. The van der Waals surface area contributed by atoms with E-state index < -0.39 is 61.7 Å². The molecule has 4 fully saturated rings. The molecule has 4 aliphatic rings. The molecule has 0 aromatic rings. The van der Waals surface area contributed by atoms with Gasteiger partial charge in [0.15, 0.2) is 6.29 Å². The quantitative estimate of drug-likeness (QED) is 0.256. The topological polar surface area (TPSA) is 169 Å². The van der Waals surface area contributed by atoms with Gasteiger partial charge in [-0.05, 0) is 50.9 Å². The van der Waals surface area contributed by atoms with E-state index in [1.54, 1.807) is 0 Å². The molecule has 4 rings (SSSR count). The Kier molecular flexibility index (Phi) is 7.54. The maximum absolute atomic E-state index is 10.5. The molecule has 7 N–H and O–H groups in total. The van der Waals surface area contributed by atoms with Gasteiger partial charge >= 0.3 is 0 Å². The van der Waals surface area contributed by atoms with Crippen molar-refractivity contribution in [1.29, 1.82) is 0 Å². The van der Waals surface area contributed by atoms with E-state index in [-0.39, 0.29) is 30.5 Å². The summed E-state index contributed by atoms with van der Waals surface area (Å²) in [6.07, 6.45) is -5.94. The van der Waals surface area contributed by atoms with Gasteiger partial charge in [-0.1, -0.05) is 0 Å². The van der Waals surface area contributed by atoms with Crippen LogP contribution in [0.25, 0.3) is 0 Å². The largest absolute Gasteiger partial charge is 0.394 e. The summed E-state index contributed by atoms with van der Waals surface area (Å²) >= 11 is 0. The molecule has 2 aliphatic carbocycles. The molecule has 2 saturated heterocycles. The smallest absolute Gasteiger partial charge is 0.187 e. The molecule has 0 amide bonds. The van der Waals surface area contributed by atoms with E-state index in [0.29, 0.717) is 25.7 Å². The molecule has 11 atom stereocenters. The Morgan fingerprint density at radius 1 is 0.742 bits per heavy atom. The highest BCUT2D eigenvalue weighted by Gasteiger charge is 2.51. The molecule has 31 heavy (non-hydrogen) atoms. The molecule has 0 spiro atoms. The highest BCUT2D eigenvalue weighted by molar-refractivity contribution is 4.98. The Bertz CT molecular complexity index is 583. The zero-order chi connectivity index (χ0) is 22.3. The molecular formula is C21H36O10. The van der Waals surface area contributed by atoms with Crippen LogP contribution in [0.4, 0.5) is 0 Å². The summed E-state index contributed by atoms with van der Waals surface area (Å²) < 4.78 is 18.0. The summed E-state index contributed by atoms with van der Waals surface area (Å²) in [5.41, 5.74) is 0. The van der Waals surface area contributed by atoms with Crippen LogP contribution in [-0.2, 0) is 14.2 Å². The summed E-state index contributed by atoms with van der Waals surface area (Å²) in [4.78, 5) is 0. The van der Waals surface area contributed by atoms with Crippen LogP contribution in [0.3, 0.4) is 0 Å². The fourth-order valence-corrected chi connectivity index (χ4v) is 5.73. The second kappa shape index (κ2) is 9.84. The van der Waals surface area contributed by atoms with Crippen molar-refractivity contribution in [1.82, 2.24) is 0 Å². The lowest BCUT2D eigenvalue weighted by Gasteiger charge is -2.50. The van der Waals surface area contributed by atoms with Gasteiger partial charge in [-0.15, -0.1) is 0 Å². The molecular weight excluding hydrogens is 412 g/mol. The minimum absolute atomic E-state index is 0.0930. The van der Waals surface area contributed by atoms with Gasteiger partial charge in [-0.2, -0.15) is 0 Å². The monoisotopic (exact) mass is 448 g/mol. The Balaban J connectivity index is 1.52. The zero-order valence-electron chi connectivity index (χ0n) is 17.5. The SMILES string of the molecule is OC[C@H]1O[C@@H](OC2CC3C(O)CC(O)CC3OC2C2CCC(O)CC2)[C@H](O)[C@H](O)[C@H]1O. The number of rotatable bonds is 4. The minimum Gasteiger partial charge on any atom is -0.394 e. The fourth-order valence-electron chi connectivity index (χ4n) is 5.73. The van der Waals surface area contributed by atoms with Gasteiger partial charge in [0, 0.05) is 5.92 Å². The lowest BCUT2D eigenvalue weighted by atomic mass is 9.73. The predicted octanol–water partition coefficient (Wildman–Crippen LogP) is -1.99. The van der Waals surface area contributed by atoms with Crippen LogP contribution < -0.4 is 0 Å². The van der Waals surface area contributed by atoms with Crippen LogP contribution >= 0.6 is 0 Å². The van der Waals surface area contributed by atoms with Crippen molar-refractivity contribution < 1.29 is 50.0 Å². The van der Waals surface area contributed by atoms with E-state index in [1.165, 1.54) is 0 Å². The van der Waals surface area contributed by atoms with E-state index in [2.05, 4.69) is 0 Å². The Labute approximate surface area is 181 Å². The lowest BCUT2D eigenvalue weighted by Crippen LogP contribution is -2.62. The molecule has 10 nitrogen and oxygen atoms in total. The number of aliphatic hydroxyl groups excluding tert-OH is 7. The van der Waals surface area contributed by atoms with Gasteiger partial charge in [-0.3, -0.25) is 0 Å². The normalized spacial score (nSPS) is 53.7. The standard InChI is InChI=1S/C21H36O10/c22-8-16-17(26)18(27)19(28)21(31-16)30-15-7-12-13(25)5-11(24)6-14(12)29-20(15)9-1-3-10(23)4-2-9/h9-28H,1-8H2/t9?,10?,11?,12?,13?,14?,15?,16-,17+,18-,19-,20?,21-/m1/s1. The van der Waals surface area contributed by atoms with Gasteiger partial charge < -0.3 is 50.0 Å². The second-order valence-electron chi connectivity index (χ2n) is 9.67. The van der Waals surface area contributed by atoms with Crippen molar-refractivity contribution in [3.8, 4) is 0 Å². The molecule has 6 unspecified atom stereocenters. The van der Waals surface area contributed by atoms with Gasteiger partial charge in [0.1, 0.15) is 24.4 Å². The first-order valence-corrected chi connectivity index (χ1v) is 11.4. The number of ether oxygens (including phenoxy) is 3. The molecule has 2 saturated carbocycles. The summed E-state index contributed by atoms with van der Waals surface area (Å²) in [5, 5.41) is 70.5. The average molecular weight is 449 g/mol. The third-order valence-electron chi connectivity index (χ3n) is 7.56. The van der Waals surface area contributed by atoms with E-state index in [4.69, 9.17) is 14.2 Å². The zero-order valence-corrected chi connectivity index (χ0v) is 17.5. The van der Waals surface area contributed by atoms with Crippen molar-refractivity contribution in [2.75, 3.05) is 6.61 Å². The first kappa shape index (κ1) is 23.7. The summed E-state index contributed by atoms with van der Waals surface area (Å²) in [5.74, 6) is -0.154. The predicted molar refractivity (Wildman–Crippen MR) is 105 cm³/mol. The van der Waals surface area contributed by atoms with Gasteiger partial charge in [0.2, 0.25) is 0 Å². The van der Waals surface area contributed by atoms with Crippen molar-refractivity contribution in [2.45, 2.75) is 112 Å². The average Bonchev–Trinajstić information content (AvgIpc) is 2.74. The highest BCUT2D eigenvalue weighted by Crippen LogP contribution is 2.43. The van der Waals surface area contributed by atoms with Crippen LogP contribution in [0.5, 0.6) is 0 Å². The summed E-state index contributed by atoms with van der Waals surface area (Å²) in [7, 11) is 0. The van der Waals surface area contributed by atoms with Crippen molar-refractivity contribution >= 4 is 0 Å². The summed E-state index contributed by atoms with van der Waals surface area (Å²) in [6, 6.07) is 0. The first-order chi connectivity index (χ1) is 14.8. The van der Waals surface area contributed by atoms with Crippen molar-refractivity contribution in [3.63, 3.8) is 0 Å². The minimum atomic E-state index is -1.54. The highest BCUT2D eigenvalue weighted by atomic mass is 16.7. The van der Waals surface area contributed by atoms with Crippen LogP contribution in [0.2, 0.25) is 0 Å². The molecule has 2 heterocycles. The molecule has 10 heteroatoms. The molecule has 0 aromatic heterocycles. The van der Waals surface area contributed by atoms with Crippen molar-refractivity contribution in [3.05, 3.63) is 0 Å². The van der Waals surface area contributed by atoms with Crippen molar-refractivity contribution in [2.24, 2.45) is 11.8 Å². The Morgan fingerprint density at radius 2 is 1.45 bits per heavy atom.